The molecule has 53 heavy (non-hydrogen) atoms. The highest BCUT2D eigenvalue weighted by molar-refractivity contribution is 7.86. The molecule has 6 rings (SSSR count). The number of hydrogen-bond donors (Lipinski definition) is 1. The Kier molecular flexibility index (Phi) is 8.77. The van der Waals surface area contributed by atoms with Crippen LogP contribution in [0.1, 0.15) is 91.4 Å². The van der Waals surface area contributed by atoms with Crippen molar-refractivity contribution in [3.8, 4) is 11.5 Å². The van der Waals surface area contributed by atoms with Crippen LogP contribution in [0.4, 0.5) is 5.69 Å². The smallest absolute Gasteiger partial charge is 0.336 e. The number of ketones is 1. The van der Waals surface area contributed by atoms with E-state index in [9.17, 15) is 40.6 Å². The van der Waals surface area contributed by atoms with Crippen molar-refractivity contribution in [1.29, 1.82) is 0 Å². The van der Waals surface area contributed by atoms with Crippen molar-refractivity contribution in [2.75, 3.05) is 30.5 Å². The fraction of sp³-hybridized carbons (Fsp3) is 0.359. The van der Waals surface area contributed by atoms with Crippen LogP contribution in [0.5, 0.6) is 11.5 Å². The van der Waals surface area contributed by atoms with E-state index < -0.39 is 54.2 Å². The maximum atomic E-state index is 13.3. The average Bonchev–Trinajstić information content (AvgIpc) is 3.01. The molecular formula is C39H41N2O10S2-. The van der Waals surface area contributed by atoms with Crippen LogP contribution in [0.3, 0.4) is 0 Å². The highest BCUT2D eigenvalue weighted by Crippen LogP contribution is 2.47. The van der Waals surface area contributed by atoms with Gasteiger partial charge in [-0.2, -0.15) is 0 Å². The van der Waals surface area contributed by atoms with Crippen LogP contribution in [0.15, 0.2) is 54.6 Å². The third-order valence-electron chi connectivity index (χ3n) is 10.3. The molecule has 3 aromatic carbocycles. The molecule has 3 aliphatic rings. The minimum absolute atomic E-state index is 0.187. The second kappa shape index (κ2) is 12.2. The number of rotatable bonds is 7. The zero-order valence-electron chi connectivity index (χ0n) is 30.9. The Morgan fingerprint density at radius 2 is 1.43 bits per heavy atom. The number of carboxylic acids is 1. The van der Waals surface area contributed by atoms with E-state index in [4.69, 9.17) is 4.74 Å². The van der Waals surface area contributed by atoms with Crippen LogP contribution in [-0.4, -0.2) is 79.5 Å². The molecule has 0 bridgehead atoms. The average molecular weight is 762 g/mol. The van der Waals surface area contributed by atoms with Gasteiger partial charge in [0, 0.05) is 65.5 Å². The number of aromatic carboxylic acids is 1. The number of benzene rings is 3. The van der Waals surface area contributed by atoms with Gasteiger partial charge in [0.2, 0.25) is 5.36 Å². The lowest BCUT2D eigenvalue weighted by Gasteiger charge is -2.42. The van der Waals surface area contributed by atoms with E-state index in [1.165, 1.54) is 12.1 Å². The summed E-state index contributed by atoms with van der Waals surface area (Å²) in [5.41, 5.74) is 0.609. The summed E-state index contributed by atoms with van der Waals surface area (Å²) in [7, 11) is -5.81. The van der Waals surface area contributed by atoms with Crippen molar-refractivity contribution in [2.45, 2.75) is 59.5 Å². The first-order valence-corrected chi connectivity index (χ1v) is 20.0. The van der Waals surface area contributed by atoms with Gasteiger partial charge in [-0.05, 0) is 54.8 Å². The molecule has 0 aliphatic carbocycles. The summed E-state index contributed by atoms with van der Waals surface area (Å²) in [5.74, 6) is -2.56. The van der Waals surface area contributed by atoms with E-state index in [0.29, 0.717) is 50.0 Å². The Morgan fingerprint density at radius 3 is 2.00 bits per heavy atom. The van der Waals surface area contributed by atoms with Crippen LogP contribution < -0.4 is 24.8 Å². The Labute approximate surface area is 308 Å². The summed E-state index contributed by atoms with van der Waals surface area (Å²) in [6, 6.07) is 11.2. The van der Waals surface area contributed by atoms with E-state index in [1.807, 2.05) is 51.3 Å². The highest BCUT2D eigenvalue weighted by atomic mass is 32.2. The number of hydrogen-bond acceptors (Lipinski definition) is 10. The number of anilines is 1. The molecule has 0 fully saturated rings. The Hall–Kier alpha value is -4.63. The lowest BCUT2D eigenvalue weighted by Crippen LogP contribution is -2.47. The summed E-state index contributed by atoms with van der Waals surface area (Å²) >= 11 is 0. The highest BCUT2D eigenvalue weighted by Gasteiger charge is 2.37. The van der Waals surface area contributed by atoms with Gasteiger partial charge in [-0.1, -0.05) is 39.0 Å². The number of ether oxygens (including phenoxy) is 1. The largest absolute Gasteiger partial charge is 0.748 e. The first-order chi connectivity index (χ1) is 24.2. The normalized spacial score (nSPS) is 17.5. The van der Waals surface area contributed by atoms with Gasteiger partial charge in [0.1, 0.15) is 18.5 Å². The number of Topliss-reactive ketones (excluding diaryl/α,β-unsaturated/α-hetero) is 1. The minimum Gasteiger partial charge on any atom is -0.748 e. The topological polar surface area (TPSA) is 184 Å². The van der Waals surface area contributed by atoms with E-state index in [1.54, 1.807) is 63.3 Å². The molecule has 0 saturated heterocycles. The standard InChI is InChI=1S/C39H42N2O10S2/c1-37(2,3)35(42)21-10-11-24(27(12-21)36(43)44)34-28-13-25-22(19-52(45,46)47)17-38(4,5)40(8)30(25)15-32(28)51-33-16-31-26(14-29(33)34)23(20-53(48,49)50)18-39(6,7)41(31)9/h10-18H,19-20H2,1-9H3,(H2-,43,44,45,46,47,48,49,50)/p-1. The number of carbonyl (C=O) groups is 2. The lowest BCUT2D eigenvalue weighted by molar-refractivity contribution is 0.0696. The van der Waals surface area contributed by atoms with Gasteiger partial charge in [-0.3, -0.25) is 4.79 Å². The van der Waals surface area contributed by atoms with Crippen LogP contribution >= 0.6 is 0 Å². The number of likely N-dealkylation sites (N-methyl/N-ethyl adjacent to an activating group) is 2. The summed E-state index contributed by atoms with van der Waals surface area (Å²) < 4.78 is 81.4. The third kappa shape index (κ3) is 6.96. The van der Waals surface area contributed by atoms with Crippen molar-refractivity contribution in [3.63, 3.8) is 0 Å². The van der Waals surface area contributed by atoms with Gasteiger partial charge in [0.25, 0.3) is 0 Å². The fourth-order valence-electron chi connectivity index (χ4n) is 7.28. The molecule has 0 atom stereocenters. The second-order valence-corrected chi connectivity index (χ2v) is 18.8. The molecule has 0 radical (unpaired) electrons. The van der Waals surface area contributed by atoms with Crippen molar-refractivity contribution in [2.24, 2.45) is 5.41 Å². The number of nitrogens with zero attached hydrogens (tertiary/aromatic N) is 2. The van der Waals surface area contributed by atoms with E-state index >= 15 is 0 Å². The van der Waals surface area contributed by atoms with Crippen molar-refractivity contribution in [3.05, 3.63) is 98.6 Å². The first kappa shape index (κ1) is 38.1. The summed E-state index contributed by atoms with van der Waals surface area (Å²) in [4.78, 5) is 28.3. The number of carboxylic acid groups (broad SMARTS) is 1. The summed E-state index contributed by atoms with van der Waals surface area (Å²) in [6.07, 6.45) is 3.41. The minimum atomic E-state index is -4.73. The fourth-order valence-corrected chi connectivity index (χ4v) is 8.52. The second-order valence-electron chi connectivity index (χ2n) is 16.0. The Morgan fingerprint density at radius 1 is 0.830 bits per heavy atom. The van der Waals surface area contributed by atoms with Crippen LogP contribution in [-0.2, 0) is 20.2 Å². The van der Waals surface area contributed by atoms with Gasteiger partial charge in [-0.15, -0.1) is 0 Å². The quantitative estimate of drug-likeness (QED) is 0.163. The SMILES string of the molecule is CN1c2cc3c(cc2C(CS(=O)(=O)[O-])=CC1(C)C)C(c1ccc(C(=O)C(C)(C)C)cc1C(=O)O)=c1cc2c(cc1O3)=[N+](C)C(C)(C)C=C2CS(=O)(=O)[O-]. The molecule has 3 aromatic rings. The molecule has 0 spiro atoms. The summed E-state index contributed by atoms with van der Waals surface area (Å²) in [5, 5.41) is 11.6. The third-order valence-corrected chi connectivity index (χ3v) is 11.6. The molecule has 1 N–H and O–H groups in total. The number of fused-ring (bicyclic) bond motifs is 4. The van der Waals surface area contributed by atoms with E-state index in [0.717, 1.165) is 0 Å². The Bertz CT molecular complexity index is 2590. The molecular weight excluding hydrogens is 721 g/mol. The van der Waals surface area contributed by atoms with Crippen LogP contribution in [0.2, 0.25) is 0 Å². The van der Waals surface area contributed by atoms with Gasteiger partial charge in [0.15, 0.2) is 11.3 Å². The maximum Gasteiger partial charge on any atom is 0.336 e. The molecule has 3 heterocycles. The predicted molar refractivity (Wildman–Crippen MR) is 200 cm³/mol. The molecule has 12 nitrogen and oxygen atoms in total. The van der Waals surface area contributed by atoms with Gasteiger partial charge in [-0.25, -0.2) is 26.2 Å². The molecule has 0 amide bonds. The molecule has 0 unspecified atom stereocenters. The molecule has 0 saturated carbocycles. The van der Waals surface area contributed by atoms with E-state index in [-0.39, 0.29) is 33.6 Å². The van der Waals surface area contributed by atoms with Crippen molar-refractivity contribution >= 4 is 54.4 Å². The zero-order valence-corrected chi connectivity index (χ0v) is 32.6. The maximum absolute atomic E-state index is 13.3. The monoisotopic (exact) mass is 761 g/mol. The van der Waals surface area contributed by atoms with Gasteiger partial charge in [0.05, 0.1) is 54.5 Å². The van der Waals surface area contributed by atoms with Crippen LogP contribution in [0.25, 0.3) is 16.7 Å². The van der Waals surface area contributed by atoms with Gasteiger partial charge < -0.3 is 23.8 Å². The zero-order chi connectivity index (χ0) is 39.4. The first-order valence-electron chi connectivity index (χ1n) is 16.8. The predicted octanol–water partition coefficient (Wildman–Crippen LogP) is 3.97. The van der Waals surface area contributed by atoms with Crippen molar-refractivity contribution < 1.29 is 45.4 Å². The summed E-state index contributed by atoms with van der Waals surface area (Å²) in [6.45, 7) is 12.7. The molecule has 14 heteroatoms. The molecule has 0 aromatic heterocycles. The van der Waals surface area contributed by atoms with Gasteiger partial charge >= 0.3 is 5.97 Å². The molecule has 280 valence electrons. The van der Waals surface area contributed by atoms with E-state index in [2.05, 4.69) is 0 Å². The Balaban J connectivity index is 1.78. The lowest BCUT2D eigenvalue weighted by atomic mass is 9.82. The number of carbonyl (C=O) groups excluding carboxylic acids is 1. The van der Waals surface area contributed by atoms with Crippen molar-refractivity contribution in [1.82, 2.24) is 4.58 Å². The molecule has 3 aliphatic heterocycles. The van der Waals surface area contributed by atoms with Crippen LogP contribution in [0, 0.1) is 5.41 Å².